The molecule has 3 rings (SSSR count). The molecule has 5 heteroatoms. The van der Waals surface area contributed by atoms with Crippen LogP contribution in [0.4, 0.5) is 4.79 Å². The lowest BCUT2D eigenvalue weighted by atomic mass is 9.93. The van der Waals surface area contributed by atoms with Gasteiger partial charge in [-0.2, -0.15) is 0 Å². The first kappa shape index (κ1) is 15.9. The van der Waals surface area contributed by atoms with Gasteiger partial charge in [-0.3, -0.25) is 4.90 Å². The maximum Gasteiger partial charge on any atom is 0.419 e. The van der Waals surface area contributed by atoms with E-state index in [2.05, 4.69) is 0 Å². The Labute approximate surface area is 145 Å². The first-order valence-electron chi connectivity index (χ1n) is 7.28. The Morgan fingerprint density at radius 3 is 2.61 bits per heavy atom. The number of nitrogens with zero attached hydrogens (tertiary/aromatic N) is 1. The van der Waals surface area contributed by atoms with Gasteiger partial charge in [0.25, 0.3) is 0 Å². The van der Waals surface area contributed by atoms with E-state index in [1.165, 1.54) is 0 Å². The van der Waals surface area contributed by atoms with E-state index in [1.807, 2.05) is 36.4 Å². The molecule has 0 N–H and O–H groups in total. The second kappa shape index (κ2) is 7.07. The zero-order valence-corrected chi connectivity index (χ0v) is 13.8. The van der Waals surface area contributed by atoms with Crippen molar-refractivity contribution in [2.45, 2.75) is 12.3 Å². The van der Waals surface area contributed by atoms with Crippen LogP contribution in [0.3, 0.4) is 0 Å². The van der Waals surface area contributed by atoms with E-state index in [0.29, 0.717) is 22.3 Å². The van der Waals surface area contributed by atoms with Gasteiger partial charge in [-0.05, 0) is 36.2 Å². The molecule has 0 unspecified atom stereocenters. The zero-order valence-electron chi connectivity index (χ0n) is 12.3. The van der Waals surface area contributed by atoms with Gasteiger partial charge in [0, 0.05) is 18.7 Å². The topological polar surface area (TPSA) is 29.5 Å². The number of halogens is 2. The Morgan fingerprint density at radius 1 is 1.09 bits per heavy atom. The smallest absolute Gasteiger partial charge is 0.410 e. The lowest BCUT2D eigenvalue weighted by molar-refractivity contribution is 0.165. The Hall–Kier alpha value is -1.97. The number of allylic oxidation sites excluding steroid dienone is 1. The average Bonchev–Trinajstić information content (AvgIpc) is 2.58. The molecule has 1 aliphatic heterocycles. The molecule has 1 amide bonds. The molecule has 118 valence electrons. The maximum absolute atomic E-state index is 12.3. The lowest BCUT2D eigenvalue weighted by Gasteiger charge is -2.27. The third-order valence-electron chi connectivity index (χ3n) is 3.72. The minimum atomic E-state index is -0.391. The van der Waals surface area contributed by atoms with Crippen LogP contribution in [-0.2, 0) is 0 Å². The fourth-order valence-corrected chi connectivity index (χ4v) is 2.82. The van der Waals surface area contributed by atoms with Crippen LogP contribution in [0.25, 0.3) is 0 Å². The molecular formula is C18H15Cl2NO2. The van der Waals surface area contributed by atoms with E-state index < -0.39 is 6.09 Å². The van der Waals surface area contributed by atoms with Gasteiger partial charge in [0.2, 0.25) is 0 Å². The average molecular weight is 348 g/mol. The van der Waals surface area contributed by atoms with Crippen molar-refractivity contribution in [1.29, 1.82) is 0 Å². The summed E-state index contributed by atoms with van der Waals surface area (Å²) in [5.41, 5.74) is 1.06. The second-order valence-electron chi connectivity index (χ2n) is 5.32. The van der Waals surface area contributed by atoms with Crippen molar-refractivity contribution < 1.29 is 9.53 Å². The lowest BCUT2D eigenvalue weighted by Crippen LogP contribution is -2.34. The fourth-order valence-electron chi connectivity index (χ4n) is 2.52. The number of benzene rings is 2. The Kier molecular flexibility index (Phi) is 4.89. The monoisotopic (exact) mass is 347 g/mol. The molecule has 23 heavy (non-hydrogen) atoms. The molecule has 0 bridgehead atoms. The van der Waals surface area contributed by atoms with E-state index in [0.717, 1.165) is 12.0 Å². The predicted octanol–water partition coefficient (Wildman–Crippen LogP) is 5.50. The van der Waals surface area contributed by atoms with E-state index in [4.69, 9.17) is 27.9 Å². The number of hydrogen-bond acceptors (Lipinski definition) is 2. The molecule has 0 aromatic heterocycles. The van der Waals surface area contributed by atoms with Crippen LogP contribution in [0.2, 0.25) is 10.0 Å². The standard InChI is InChI=1S/C18H15Cl2NO2/c19-16-9-8-13(11-17(16)20)14-5-4-10-21(12-14)18(22)23-15-6-2-1-3-7-15/h1-4,6-11,14H,5,12H2/t14-/m1/s1. The van der Waals surface area contributed by atoms with Crippen LogP contribution in [-0.4, -0.2) is 17.5 Å². The van der Waals surface area contributed by atoms with Gasteiger partial charge in [-0.25, -0.2) is 4.79 Å². The first-order valence-corrected chi connectivity index (χ1v) is 8.04. The fraction of sp³-hybridized carbons (Fsp3) is 0.167. The van der Waals surface area contributed by atoms with E-state index in [1.54, 1.807) is 29.3 Å². The number of carbonyl (C=O) groups excluding carboxylic acids is 1. The van der Waals surface area contributed by atoms with Crippen molar-refractivity contribution >= 4 is 29.3 Å². The largest absolute Gasteiger partial charge is 0.419 e. The predicted molar refractivity (Wildman–Crippen MR) is 92.1 cm³/mol. The highest BCUT2D eigenvalue weighted by molar-refractivity contribution is 6.42. The molecule has 0 radical (unpaired) electrons. The Bertz CT molecular complexity index is 731. The Morgan fingerprint density at radius 2 is 1.87 bits per heavy atom. The van der Waals surface area contributed by atoms with Crippen molar-refractivity contribution in [2.75, 3.05) is 6.54 Å². The minimum Gasteiger partial charge on any atom is -0.410 e. The summed E-state index contributed by atoms with van der Waals surface area (Å²) in [5.74, 6) is 0.695. The molecule has 0 saturated heterocycles. The number of carbonyl (C=O) groups is 1. The molecule has 0 aliphatic carbocycles. The van der Waals surface area contributed by atoms with Gasteiger partial charge in [-0.1, -0.05) is 53.5 Å². The summed E-state index contributed by atoms with van der Waals surface area (Å²) in [4.78, 5) is 13.8. The molecule has 2 aromatic carbocycles. The van der Waals surface area contributed by atoms with Gasteiger partial charge < -0.3 is 4.74 Å². The van der Waals surface area contributed by atoms with Crippen molar-refractivity contribution in [2.24, 2.45) is 0 Å². The molecule has 0 spiro atoms. The molecule has 3 nitrogen and oxygen atoms in total. The van der Waals surface area contributed by atoms with Gasteiger partial charge in [-0.15, -0.1) is 0 Å². The van der Waals surface area contributed by atoms with E-state index in [-0.39, 0.29) is 5.92 Å². The van der Waals surface area contributed by atoms with Crippen LogP contribution in [0, 0.1) is 0 Å². The normalized spacial score (nSPS) is 17.1. The van der Waals surface area contributed by atoms with Crippen molar-refractivity contribution in [3.8, 4) is 5.75 Å². The van der Waals surface area contributed by atoms with Crippen LogP contribution < -0.4 is 4.74 Å². The molecule has 0 fully saturated rings. The van der Waals surface area contributed by atoms with Gasteiger partial charge in [0.1, 0.15) is 5.75 Å². The minimum absolute atomic E-state index is 0.165. The highest BCUT2D eigenvalue weighted by atomic mass is 35.5. The summed E-state index contributed by atoms with van der Waals surface area (Å²) in [6, 6.07) is 14.6. The van der Waals surface area contributed by atoms with Crippen LogP contribution >= 0.6 is 23.2 Å². The summed E-state index contributed by atoms with van der Waals surface area (Å²) in [6.07, 6.45) is 4.17. The van der Waals surface area contributed by atoms with Crippen LogP contribution in [0.5, 0.6) is 5.75 Å². The first-order chi connectivity index (χ1) is 11.1. The Balaban J connectivity index is 1.70. The second-order valence-corrected chi connectivity index (χ2v) is 6.14. The number of ether oxygens (including phenoxy) is 1. The summed E-state index contributed by atoms with van der Waals surface area (Å²) >= 11 is 12.0. The summed E-state index contributed by atoms with van der Waals surface area (Å²) in [5, 5.41) is 1.05. The summed E-state index contributed by atoms with van der Waals surface area (Å²) < 4.78 is 5.37. The number of para-hydroxylation sites is 1. The maximum atomic E-state index is 12.3. The van der Waals surface area contributed by atoms with Gasteiger partial charge >= 0.3 is 6.09 Å². The third-order valence-corrected chi connectivity index (χ3v) is 4.46. The summed E-state index contributed by atoms with van der Waals surface area (Å²) in [7, 11) is 0. The zero-order chi connectivity index (χ0) is 16.2. The molecule has 1 atom stereocenters. The quantitative estimate of drug-likeness (QED) is 0.718. The number of hydrogen-bond donors (Lipinski definition) is 0. The van der Waals surface area contributed by atoms with E-state index >= 15 is 0 Å². The molecule has 0 saturated carbocycles. The van der Waals surface area contributed by atoms with E-state index in [9.17, 15) is 4.79 Å². The third kappa shape index (κ3) is 3.87. The van der Waals surface area contributed by atoms with Crippen molar-refractivity contribution in [1.82, 2.24) is 4.90 Å². The SMILES string of the molecule is O=C(Oc1ccccc1)N1C=CC[C@@H](c2ccc(Cl)c(Cl)c2)C1. The van der Waals surface area contributed by atoms with Crippen LogP contribution in [0.1, 0.15) is 17.9 Å². The van der Waals surface area contributed by atoms with Crippen LogP contribution in [0.15, 0.2) is 60.8 Å². The summed E-state index contributed by atoms with van der Waals surface area (Å²) in [6.45, 7) is 0.542. The van der Waals surface area contributed by atoms with Gasteiger partial charge in [0.05, 0.1) is 10.0 Å². The van der Waals surface area contributed by atoms with Gasteiger partial charge in [0.15, 0.2) is 0 Å². The molecule has 1 aliphatic rings. The number of rotatable bonds is 2. The number of amides is 1. The molecule has 1 heterocycles. The van der Waals surface area contributed by atoms with Crippen molar-refractivity contribution in [3.05, 3.63) is 76.4 Å². The highest BCUT2D eigenvalue weighted by Gasteiger charge is 2.23. The molecular weight excluding hydrogens is 333 g/mol. The highest BCUT2D eigenvalue weighted by Crippen LogP contribution is 2.30. The molecule has 2 aromatic rings. The van der Waals surface area contributed by atoms with Crippen molar-refractivity contribution in [3.63, 3.8) is 0 Å².